The van der Waals surface area contributed by atoms with Crippen LogP contribution in [-0.4, -0.2) is 25.7 Å². The molecule has 0 atom stereocenters. The van der Waals surface area contributed by atoms with Gasteiger partial charge in [0.25, 0.3) is 5.91 Å². The molecule has 17 heavy (non-hydrogen) atoms. The van der Waals surface area contributed by atoms with Crippen molar-refractivity contribution in [2.75, 3.05) is 13.7 Å². The molecule has 94 valence electrons. The smallest absolute Gasteiger partial charge is 0.405 e. The van der Waals surface area contributed by atoms with Crippen LogP contribution < -0.4 is 10.1 Å². The maximum absolute atomic E-state index is 11.9. The van der Waals surface area contributed by atoms with Gasteiger partial charge < -0.3 is 10.1 Å². The number of carbonyl (C=O) groups excluding carboxylic acids is 1. The average molecular weight is 268 g/mol. The van der Waals surface area contributed by atoms with E-state index in [9.17, 15) is 18.0 Å². The van der Waals surface area contributed by atoms with E-state index >= 15 is 0 Å². The number of rotatable bonds is 3. The fraction of sp³-hybridized carbons (Fsp3) is 0.300. The zero-order valence-electron chi connectivity index (χ0n) is 8.77. The number of benzene rings is 1. The zero-order chi connectivity index (χ0) is 13.1. The molecule has 0 aliphatic heterocycles. The summed E-state index contributed by atoms with van der Waals surface area (Å²) in [6.07, 6.45) is -4.45. The molecule has 7 heteroatoms. The summed E-state index contributed by atoms with van der Waals surface area (Å²) in [4.78, 5) is 11.4. The third-order valence-electron chi connectivity index (χ3n) is 1.86. The Morgan fingerprint density at radius 2 is 2.12 bits per heavy atom. The van der Waals surface area contributed by atoms with Crippen LogP contribution in [0.3, 0.4) is 0 Å². The number of ether oxygens (including phenoxy) is 1. The molecule has 1 aromatic rings. The van der Waals surface area contributed by atoms with Crippen LogP contribution >= 0.6 is 11.6 Å². The number of hydrogen-bond acceptors (Lipinski definition) is 2. The summed E-state index contributed by atoms with van der Waals surface area (Å²) in [5.41, 5.74) is 0.00106. The van der Waals surface area contributed by atoms with Crippen LogP contribution in [0.15, 0.2) is 18.2 Å². The van der Waals surface area contributed by atoms with Crippen molar-refractivity contribution in [3.63, 3.8) is 0 Å². The minimum Gasteiger partial charge on any atom is -0.496 e. The Labute approximate surface area is 101 Å². The molecular weight excluding hydrogens is 259 g/mol. The molecule has 0 spiro atoms. The maximum atomic E-state index is 11.9. The van der Waals surface area contributed by atoms with E-state index in [-0.39, 0.29) is 11.3 Å². The molecule has 0 aliphatic carbocycles. The minimum atomic E-state index is -4.45. The number of carbonyl (C=O) groups is 1. The minimum absolute atomic E-state index is 0.00106. The van der Waals surface area contributed by atoms with Crippen molar-refractivity contribution in [3.8, 4) is 5.75 Å². The zero-order valence-corrected chi connectivity index (χ0v) is 9.52. The van der Waals surface area contributed by atoms with Gasteiger partial charge in [0.1, 0.15) is 12.3 Å². The van der Waals surface area contributed by atoms with E-state index in [2.05, 4.69) is 0 Å². The van der Waals surface area contributed by atoms with Gasteiger partial charge in [-0.15, -0.1) is 0 Å². The van der Waals surface area contributed by atoms with Crippen LogP contribution in [0.25, 0.3) is 0 Å². The first-order chi connectivity index (χ1) is 7.83. The first kappa shape index (κ1) is 13.6. The lowest BCUT2D eigenvalue weighted by atomic mass is 10.2. The molecule has 0 aliphatic rings. The second-order valence-electron chi connectivity index (χ2n) is 3.14. The molecule has 0 aromatic heterocycles. The van der Waals surface area contributed by atoms with E-state index in [4.69, 9.17) is 16.3 Å². The summed E-state index contributed by atoms with van der Waals surface area (Å²) in [6, 6.07) is 4.05. The number of halogens is 4. The highest BCUT2D eigenvalue weighted by atomic mass is 35.5. The van der Waals surface area contributed by atoms with E-state index in [0.29, 0.717) is 5.02 Å². The van der Waals surface area contributed by atoms with E-state index < -0.39 is 18.6 Å². The van der Waals surface area contributed by atoms with Crippen molar-refractivity contribution < 1.29 is 22.7 Å². The predicted octanol–water partition coefficient (Wildman–Crippen LogP) is 2.64. The molecular formula is C10H9ClF3NO2. The predicted molar refractivity (Wildman–Crippen MR) is 56.4 cm³/mol. The summed E-state index contributed by atoms with van der Waals surface area (Å²) >= 11 is 5.66. The Hall–Kier alpha value is -1.43. The van der Waals surface area contributed by atoms with Gasteiger partial charge in [0.2, 0.25) is 0 Å². The second-order valence-corrected chi connectivity index (χ2v) is 3.58. The lowest BCUT2D eigenvalue weighted by molar-refractivity contribution is -0.123. The van der Waals surface area contributed by atoms with Gasteiger partial charge in [-0.2, -0.15) is 13.2 Å². The van der Waals surface area contributed by atoms with Gasteiger partial charge in [0, 0.05) is 5.02 Å². The molecule has 0 saturated carbocycles. The first-order valence-corrected chi connectivity index (χ1v) is 4.90. The molecule has 1 amide bonds. The number of methoxy groups -OCH3 is 1. The van der Waals surface area contributed by atoms with Crippen molar-refractivity contribution in [2.24, 2.45) is 0 Å². The largest absolute Gasteiger partial charge is 0.496 e. The summed E-state index contributed by atoms with van der Waals surface area (Å²) in [5.74, 6) is -0.743. The maximum Gasteiger partial charge on any atom is 0.405 e. The summed E-state index contributed by atoms with van der Waals surface area (Å²) in [5, 5.41) is 2.07. The fourth-order valence-electron chi connectivity index (χ4n) is 1.13. The molecule has 0 fully saturated rings. The molecule has 1 N–H and O–H groups in total. The van der Waals surface area contributed by atoms with Gasteiger partial charge in [0.05, 0.1) is 12.7 Å². The van der Waals surface area contributed by atoms with Crippen LogP contribution in [0, 0.1) is 0 Å². The Kier molecular flexibility index (Phi) is 4.22. The SMILES string of the molecule is COc1cc(Cl)ccc1C(=O)NCC(F)(F)F. The van der Waals surface area contributed by atoms with Crippen molar-refractivity contribution in [3.05, 3.63) is 28.8 Å². The van der Waals surface area contributed by atoms with E-state index in [0.717, 1.165) is 0 Å². The van der Waals surface area contributed by atoms with E-state index in [1.807, 2.05) is 0 Å². The molecule has 0 heterocycles. The molecule has 3 nitrogen and oxygen atoms in total. The summed E-state index contributed by atoms with van der Waals surface area (Å²) in [7, 11) is 1.30. The lowest BCUT2D eigenvalue weighted by Gasteiger charge is -2.11. The number of hydrogen-bond donors (Lipinski definition) is 1. The Morgan fingerprint density at radius 3 is 2.65 bits per heavy atom. The van der Waals surface area contributed by atoms with Crippen LogP contribution in [-0.2, 0) is 0 Å². The summed E-state index contributed by atoms with van der Waals surface area (Å²) < 4.78 is 40.6. The number of amides is 1. The highest BCUT2D eigenvalue weighted by Gasteiger charge is 2.28. The average Bonchev–Trinajstić information content (AvgIpc) is 2.24. The van der Waals surface area contributed by atoms with Gasteiger partial charge in [-0.1, -0.05) is 11.6 Å². The van der Waals surface area contributed by atoms with Crippen LogP contribution in [0.2, 0.25) is 5.02 Å². The highest BCUT2D eigenvalue weighted by Crippen LogP contribution is 2.23. The Balaban J connectivity index is 2.82. The Morgan fingerprint density at radius 1 is 1.47 bits per heavy atom. The third kappa shape index (κ3) is 4.14. The molecule has 0 radical (unpaired) electrons. The van der Waals surface area contributed by atoms with Gasteiger partial charge in [0.15, 0.2) is 0 Å². The normalized spacial score (nSPS) is 11.1. The molecule has 1 rings (SSSR count). The summed E-state index contributed by atoms with van der Waals surface area (Å²) in [6.45, 7) is -1.39. The molecule has 0 unspecified atom stereocenters. The Bertz CT molecular complexity index is 421. The van der Waals surface area contributed by atoms with E-state index in [1.54, 1.807) is 5.32 Å². The highest BCUT2D eigenvalue weighted by molar-refractivity contribution is 6.30. The van der Waals surface area contributed by atoms with Gasteiger partial charge in [-0.25, -0.2) is 0 Å². The van der Waals surface area contributed by atoms with Crippen molar-refractivity contribution >= 4 is 17.5 Å². The van der Waals surface area contributed by atoms with Crippen LogP contribution in [0.4, 0.5) is 13.2 Å². The quantitative estimate of drug-likeness (QED) is 0.914. The van der Waals surface area contributed by atoms with E-state index in [1.165, 1.54) is 25.3 Å². The van der Waals surface area contributed by atoms with Crippen molar-refractivity contribution in [1.82, 2.24) is 5.32 Å². The van der Waals surface area contributed by atoms with Crippen LogP contribution in [0.5, 0.6) is 5.75 Å². The van der Waals surface area contributed by atoms with Crippen LogP contribution in [0.1, 0.15) is 10.4 Å². The monoisotopic (exact) mass is 267 g/mol. The van der Waals surface area contributed by atoms with Gasteiger partial charge in [-0.3, -0.25) is 4.79 Å². The van der Waals surface area contributed by atoms with Crippen molar-refractivity contribution in [1.29, 1.82) is 0 Å². The number of nitrogens with one attached hydrogen (secondary N) is 1. The topological polar surface area (TPSA) is 38.3 Å². The molecule has 0 bridgehead atoms. The second kappa shape index (κ2) is 5.27. The molecule has 0 saturated heterocycles. The van der Waals surface area contributed by atoms with Gasteiger partial charge in [-0.05, 0) is 18.2 Å². The standard InChI is InChI=1S/C10H9ClF3NO2/c1-17-8-4-6(11)2-3-7(8)9(16)15-5-10(12,13)14/h2-4H,5H2,1H3,(H,15,16). The first-order valence-electron chi connectivity index (χ1n) is 4.52. The van der Waals surface area contributed by atoms with Gasteiger partial charge >= 0.3 is 6.18 Å². The van der Waals surface area contributed by atoms with Crippen molar-refractivity contribution in [2.45, 2.75) is 6.18 Å². The lowest BCUT2D eigenvalue weighted by Crippen LogP contribution is -2.33. The molecule has 1 aromatic carbocycles. The fourth-order valence-corrected chi connectivity index (χ4v) is 1.29. The number of alkyl halides is 3. The third-order valence-corrected chi connectivity index (χ3v) is 2.09.